The zero-order chi connectivity index (χ0) is 14.5. The summed E-state index contributed by atoms with van der Waals surface area (Å²) in [5.74, 6) is 0.912. The average molecular weight is 289 g/mol. The number of rotatable bonds is 6. The Balaban J connectivity index is 2.38. The van der Waals surface area contributed by atoms with Crippen LogP contribution in [0.3, 0.4) is 0 Å². The molecule has 0 saturated heterocycles. The minimum absolute atomic E-state index is 0.245. The van der Waals surface area contributed by atoms with Crippen LogP contribution in [0.5, 0.6) is 5.75 Å². The van der Waals surface area contributed by atoms with E-state index < -0.39 is 0 Å². The van der Waals surface area contributed by atoms with Crippen molar-refractivity contribution in [2.45, 2.75) is 33.2 Å². The van der Waals surface area contributed by atoms with Crippen LogP contribution in [0.25, 0.3) is 0 Å². The van der Waals surface area contributed by atoms with Gasteiger partial charge in [-0.1, -0.05) is 19.1 Å². The highest BCUT2D eigenvalue weighted by molar-refractivity contribution is 7.12. The van der Waals surface area contributed by atoms with Crippen molar-refractivity contribution in [3.8, 4) is 5.75 Å². The quantitative estimate of drug-likeness (QED) is 0.847. The minimum Gasteiger partial charge on any atom is -0.497 e. The lowest BCUT2D eigenvalue weighted by molar-refractivity contribution is 0.413. The largest absolute Gasteiger partial charge is 0.497 e. The zero-order valence-corrected chi connectivity index (χ0v) is 13.5. The van der Waals surface area contributed by atoms with E-state index in [1.54, 1.807) is 7.11 Å². The van der Waals surface area contributed by atoms with Crippen molar-refractivity contribution in [3.05, 3.63) is 51.2 Å². The third kappa shape index (κ3) is 3.41. The van der Waals surface area contributed by atoms with E-state index in [0.29, 0.717) is 0 Å². The van der Waals surface area contributed by atoms with Gasteiger partial charge in [0.05, 0.1) is 13.2 Å². The van der Waals surface area contributed by atoms with Crippen molar-refractivity contribution >= 4 is 11.3 Å². The highest BCUT2D eigenvalue weighted by Crippen LogP contribution is 2.32. The summed E-state index contributed by atoms with van der Waals surface area (Å²) in [6, 6.07) is 10.9. The first-order valence-corrected chi connectivity index (χ1v) is 7.91. The number of thiophene rings is 1. The van der Waals surface area contributed by atoms with Crippen LogP contribution in [-0.2, 0) is 0 Å². The second kappa shape index (κ2) is 6.91. The fraction of sp³-hybridized carbons (Fsp3) is 0.412. The molecule has 0 aliphatic rings. The van der Waals surface area contributed by atoms with E-state index in [0.717, 1.165) is 18.7 Å². The van der Waals surface area contributed by atoms with Crippen LogP contribution in [0, 0.1) is 13.8 Å². The van der Waals surface area contributed by atoms with E-state index in [4.69, 9.17) is 4.74 Å². The molecule has 2 rings (SSSR count). The Morgan fingerprint density at radius 2 is 2.05 bits per heavy atom. The zero-order valence-electron chi connectivity index (χ0n) is 12.7. The van der Waals surface area contributed by atoms with E-state index in [1.807, 2.05) is 17.4 Å². The molecule has 1 aromatic heterocycles. The summed E-state index contributed by atoms with van der Waals surface area (Å²) in [5, 5.41) is 3.66. The van der Waals surface area contributed by atoms with Gasteiger partial charge in [0.2, 0.25) is 0 Å². The molecule has 1 atom stereocenters. The fourth-order valence-corrected chi connectivity index (χ4v) is 3.42. The van der Waals surface area contributed by atoms with Crippen molar-refractivity contribution in [1.82, 2.24) is 5.32 Å². The smallest absolute Gasteiger partial charge is 0.119 e. The Hall–Kier alpha value is -1.32. The molecule has 0 radical (unpaired) electrons. The third-order valence-electron chi connectivity index (χ3n) is 3.42. The van der Waals surface area contributed by atoms with Crippen LogP contribution >= 0.6 is 11.3 Å². The van der Waals surface area contributed by atoms with Gasteiger partial charge in [-0.25, -0.2) is 0 Å². The van der Waals surface area contributed by atoms with E-state index in [2.05, 4.69) is 50.4 Å². The van der Waals surface area contributed by atoms with Gasteiger partial charge in [-0.3, -0.25) is 0 Å². The molecule has 0 fully saturated rings. The molecule has 0 amide bonds. The molecule has 2 aromatic rings. The molecule has 0 spiro atoms. The van der Waals surface area contributed by atoms with E-state index in [1.165, 1.54) is 20.9 Å². The Kier molecular flexibility index (Phi) is 5.21. The van der Waals surface area contributed by atoms with Crippen LogP contribution < -0.4 is 10.1 Å². The molecule has 0 aliphatic carbocycles. The van der Waals surface area contributed by atoms with Crippen molar-refractivity contribution in [3.63, 3.8) is 0 Å². The van der Waals surface area contributed by atoms with Gasteiger partial charge < -0.3 is 10.1 Å². The predicted octanol–water partition coefficient (Wildman–Crippen LogP) is 4.46. The number of methoxy groups -OCH3 is 1. The number of nitrogens with one attached hydrogen (secondary N) is 1. The summed E-state index contributed by atoms with van der Waals surface area (Å²) in [4.78, 5) is 2.75. The molecule has 1 N–H and O–H groups in total. The average Bonchev–Trinajstić information content (AvgIpc) is 2.78. The monoisotopic (exact) mass is 289 g/mol. The second-order valence-corrected chi connectivity index (χ2v) is 6.49. The highest BCUT2D eigenvalue weighted by Gasteiger charge is 2.17. The van der Waals surface area contributed by atoms with Gasteiger partial charge in [-0.05, 0) is 56.1 Å². The maximum atomic E-state index is 5.36. The van der Waals surface area contributed by atoms with E-state index >= 15 is 0 Å². The Bertz CT molecular complexity index is 562. The first-order valence-electron chi connectivity index (χ1n) is 7.10. The summed E-state index contributed by atoms with van der Waals surface area (Å²) in [5.41, 5.74) is 2.65. The van der Waals surface area contributed by atoms with Crippen molar-refractivity contribution in [2.75, 3.05) is 13.7 Å². The summed E-state index contributed by atoms with van der Waals surface area (Å²) in [7, 11) is 1.72. The molecule has 3 heteroatoms. The Labute approximate surface area is 125 Å². The Morgan fingerprint density at radius 3 is 2.65 bits per heavy atom. The lowest BCUT2D eigenvalue weighted by atomic mass is 9.98. The standard InChI is InChI=1S/C17H23NOS/c1-5-9-18-17(16-10-12(2)20-13(16)3)14-7-6-8-15(11-14)19-4/h6-8,10-11,17-18H,5,9H2,1-4H3. The molecule has 1 aromatic carbocycles. The van der Waals surface area contributed by atoms with Gasteiger partial charge in [0.15, 0.2) is 0 Å². The topological polar surface area (TPSA) is 21.3 Å². The van der Waals surface area contributed by atoms with Crippen LogP contribution in [0.4, 0.5) is 0 Å². The molecular weight excluding hydrogens is 266 g/mol. The molecule has 20 heavy (non-hydrogen) atoms. The van der Waals surface area contributed by atoms with Gasteiger partial charge in [0, 0.05) is 9.75 Å². The lowest BCUT2D eigenvalue weighted by Gasteiger charge is -2.20. The van der Waals surface area contributed by atoms with E-state index in [-0.39, 0.29) is 6.04 Å². The lowest BCUT2D eigenvalue weighted by Crippen LogP contribution is -2.23. The van der Waals surface area contributed by atoms with Gasteiger partial charge in [-0.15, -0.1) is 11.3 Å². The molecule has 1 heterocycles. The highest BCUT2D eigenvalue weighted by atomic mass is 32.1. The van der Waals surface area contributed by atoms with Crippen molar-refractivity contribution in [2.24, 2.45) is 0 Å². The van der Waals surface area contributed by atoms with Gasteiger partial charge >= 0.3 is 0 Å². The van der Waals surface area contributed by atoms with Gasteiger partial charge in [0.25, 0.3) is 0 Å². The molecular formula is C17H23NOS. The predicted molar refractivity (Wildman–Crippen MR) is 86.9 cm³/mol. The number of benzene rings is 1. The molecule has 2 nitrogen and oxygen atoms in total. The summed E-state index contributed by atoms with van der Waals surface area (Å²) in [6.07, 6.45) is 1.13. The fourth-order valence-electron chi connectivity index (χ4n) is 2.45. The molecule has 0 aliphatic heterocycles. The van der Waals surface area contributed by atoms with Crippen molar-refractivity contribution in [1.29, 1.82) is 0 Å². The SMILES string of the molecule is CCCNC(c1cccc(OC)c1)c1cc(C)sc1C. The Morgan fingerprint density at radius 1 is 1.25 bits per heavy atom. The molecule has 0 bridgehead atoms. The van der Waals surface area contributed by atoms with Crippen molar-refractivity contribution < 1.29 is 4.74 Å². The first-order chi connectivity index (χ1) is 9.65. The van der Waals surface area contributed by atoms with E-state index in [9.17, 15) is 0 Å². The summed E-state index contributed by atoms with van der Waals surface area (Å²) >= 11 is 1.86. The van der Waals surface area contributed by atoms with Crippen LogP contribution in [0.15, 0.2) is 30.3 Å². The maximum Gasteiger partial charge on any atom is 0.119 e. The van der Waals surface area contributed by atoms with Crippen LogP contribution in [0.1, 0.15) is 40.3 Å². The van der Waals surface area contributed by atoms with Gasteiger partial charge in [-0.2, -0.15) is 0 Å². The summed E-state index contributed by atoms with van der Waals surface area (Å²) in [6.45, 7) is 7.58. The van der Waals surface area contributed by atoms with Gasteiger partial charge in [0.1, 0.15) is 5.75 Å². The number of hydrogen-bond donors (Lipinski definition) is 1. The molecule has 0 saturated carbocycles. The normalized spacial score (nSPS) is 12.4. The maximum absolute atomic E-state index is 5.36. The summed E-state index contributed by atoms with van der Waals surface area (Å²) < 4.78 is 5.36. The first kappa shape index (κ1) is 15.1. The van der Waals surface area contributed by atoms with Crippen LogP contribution in [-0.4, -0.2) is 13.7 Å². The number of hydrogen-bond acceptors (Lipinski definition) is 3. The number of aryl methyl sites for hydroxylation is 2. The minimum atomic E-state index is 0.245. The molecule has 108 valence electrons. The third-order valence-corrected chi connectivity index (χ3v) is 4.40. The number of ether oxygens (including phenoxy) is 1. The second-order valence-electron chi connectivity index (χ2n) is 5.03. The van der Waals surface area contributed by atoms with Crippen LogP contribution in [0.2, 0.25) is 0 Å². The molecule has 1 unspecified atom stereocenters.